The fourth-order valence-electron chi connectivity index (χ4n) is 4.64. The average molecular weight is 463 g/mol. The zero-order valence-corrected chi connectivity index (χ0v) is 19.1. The van der Waals surface area contributed by atoms with Crippen LogP contribution in [-0.2, 0) is 37.8 Å². The van der Waals surface area contributed by atoms with Crippen LogP contribution in [0.5, 0.6) is 5.75 Å². The number of hydrogen-bond acceptors (Lipinski definition) is 8. The van der Waals surface area contributed by atoms with E-state index in [1.807, 2.05) is 6.07 Å². The molecule has 0 spiro atoms. The number of fused-ring (bicyclic) bond motifs is 5. The van der Waals surface area contributed by atoms with E-state index < -0.39 is 23.6 Å². The molecule has 2 aliphatic heterocycles. The van der Waals surface area contributed by atoms with Gasteiger partial charge < -0.3 is 24.9 Å². The Kier molecular flexibility index (Phi) is 4.98. The predicted molar refractivity (Wildman–Crippen MR) is 123 cm³/mol. The maximum atomic E-state index is 13.5. The molecule has 0 saturated heterocycles. The number of aromatic nitrogens is 2. The molecule has 4 heterocycles. The second-order valence-electron chi connectivity index (χ2n) is 9.13. The Labute approximate surface area is 195 Å². The van der Waals surface area contributed by atoms with Gasteiger partial charge >= 0.3 is 11.9 Å². The van der Waals surface area contributed by atoms with Gasteiger partial charge in [-0.05, 0) is 42.7 Å². The fraction of sp³-hybridized carbons (Fsp3) is 0.360. The molecule has 2 atom stereocenters. The number of phenolic OH excluding ortho intramolecular Hbond substituents is 1. The van der Waals surface area contributed by atoms with E-state index in [0.29, 0.717) is 29.0 Å². The van der Waals surface area contributed by atoms with Crippen LogP contribution in [0.15, 0.2) is 35.1 Å². The maximum Gasteiger partial charge on any atom is 0.355 e. The third kappa shape index (κ3) is 3.11. The Hall–Kier alpha value is -3.72. The van der Waals surface area contributed by atoms with Crippen molar-refractivity contribution in [1.29, 1.82) is 0 Å². The molecule has 2 aliphatic rings. The topological polar surface area (TPSA) is 134 Å². The van der Waals surface area contributed by atoms with Gasteiger partial charge in [-0.1, -0.05) is 20.8 Å². The highest BCUT2D eigenvalue weighted by molar-refractivity contribution is 5.89. The number of carbonyl (C=O) groups excluding carboxylic acids is 2. The van der Waals surface area contributed by atoms with Gasteiger partial charge in [0.15, 0.2) is 0 Å². The van der Waals surface area contributed by atoms with Gasteiger partial charge in [0, 0.05) is 16.5 Å². The lowest BCUT2D eigenvalue weighted by atomic mass is 9.85. The molecule has 2 aromatic heterocycles. The van der Waals surface area contributed by atoms with Crippen molar-refractivity contribution >= 4 is 22.8 Å². The molecule has 3 aromatic rings. The predicted octanol–water partition coefficient (Wildman–Crippen LogP) is 2.32. The minimum atomic E-state index is -1.77. The highest BCUT2D eigenvalue weighted by atomic mass is 16.6. The van der Waals surface area contributed by atoms with Crippen LogP contribution in [0.25, 0.3) is 22.3 Å². The van der Waals surface area contributed by atoms with Gasteiger partial charge in [0.05, 0.1) is 29.0 Å². The third-order valence-corrected chi connectivity index (χ3v) is 6.72. The van der Waals surface area contributed by atoms with Crippen molar-refractivity contribution in [3.8, 4) is 17.1 Å². The summed E-state index contributed by atoms with van der Waals surface area (Å²) in [5, 5.41) is 10.6. The molecule has 0 radical (unpaired) electrons. The van der Waals surface area contributed by atoms with Crippen LogP contribution in [-0.4, -0.2) is 32.6 Å². The zero-order chi connectivity index (χ0) is 24.4. The molecule has 5 rings (SSSR count). The van der Waals surface area contributed by atoms with Gasteiger partial charge in [-0.3, -0.25) is 9.59 Å². The minimum Gasteiger partial charge on any atom is -0.508 e. The summed E-state index contributed by atoms with van der Waals surface area (Å²) in [5.41, 5.74) is 7.08. The van der Waals surface area contributed by atoms with E-state index in [0.717, 1.165) is 10.9 Å². The highest BCUT2D eigenvalue weighted by Gasteiger charge is 2.51. The number of esters is 2. The van der Waals surface area contributed by atoms with Gasteiger partial charge in [-0.2, -0.15) is 0 Å². The average Bonchev–Trinajstić information content (AvgIpc) is 3.16. The van der Waals surface area contributed by atoms with Crippen LogP contribution >= 0.6 is 0 Å². The summed E-state index contributed by atoms with van der Waals surface area (Å²) in [6.45, 7) is 5.34. The van der Waals surface area contributed by atoms with Crippen molar-refractivity contribution in [2.45, 2.75) is 52.0 Å². The van der Waals surface area contributed by atoms with Crippen molar-refractivity contribution in [1.82, 2.24) is 9.55 Å². The van der Waals surface area contributed by atoms with E-state index >= 15 is 0 Å². The molecule has 3 N–H and O–H groups in total. The number of phenols is 1. The standard InChI is InChI=1S/C25H25N3O6/c1-4-25(34-23(31)20(26)12(2)3)17-9-19-21-14(7-13-8-15(29)5-6-18(13)27-21)10-28(19)22(30)16(17)11-33-24(25)32/h5-9,12,20,29H,4,10-11,26H2,1-3H3. The Morgan fingerprint density at radius 3 is 2.76 bits per heavy atom. The number of aromatic hydroxyl groups is 1. The van der Waals surface area contributed by atoms with E-state index in [1.165, 1.54) is 0 Å². The Morgan fingerprint density at radius 1 is 1.29 bits per heavy atom. The van der Waals surface area contributed by atoms with Crippen molar-refractivity contribution in [3.05, 3.63) is 57.4 Å². The van der Waals surface area contributed by atoms with Gasteiger partial charge in [0.25, 0.3) is 5.56 Å². The molecule has 34 heavy (non-hydrogen) atoms. The molecular weight excluding hydrogens is 438 g/mol. The lowest BCUT2D eigenvalue weighted by Gasteiger charge is -2.36. The van der Waals surface area contributed by atoms with Crippen LogP contribution in [0.3, 0.4) is 0 Å². The second kappa shape index (κ2) is 7.66. The smallest absolute Gasteiger partial charge is 0.355 e. The number of carbonyl (C=O) groups is 2. The molecule has 2 unspecified atom stereocenters. The summed E-state index contributed by atoms with van der Waals surface area (Å²) >= 11 is 0. The van der Waals surface area contributed by atoms with E-state index in [2.05, 4.69) is 0 Å². The van der Waals surface area contributed by atoms with E-state index in [1.54, 1.807) is 49.6 Å². The number of nitrogens with zero attached hydrogens (tertiary/aromatic N) is 2. The van der Waals surface area contributed by atoms with Crippen LogP contribution in [0, 0.1) is 5.92 Å². The van der Waals surface area contributed by atoms with E-state index in [9.17, 15) is 19.5 Å². The van der Waals surface area contributed by atoms with Crippen molar-refractivity contribution in [2.75, 3.05) is 0 Å². The van der Waals surface area contributed by atoms with Gasteiger partial charge in [-0.15, -0.1) is 0 Å². The van der Waals surface area contributed by atoms with Crippen LogP contribution in [0.4, 0.5) is 0 Å². The molecule has 0 bridgehead atoms. The fourth-order valence-corrected chi connectivity index (χ4v) is 4.64. The van der Waals surface area contributed by atoms with Gasteiger partial charge in [-0.25, -0.2) is 9.78 Å². The third-order valence-electron chi connectivity index (χ3n) is 6.72. The molecule has 9 heteroatoms. The summed E-state index contributed by atoms with van der Waals surface area (Å²) in [6.07, 6.45) is 0.0789. The SMILES string of the molecule is CCC1(OC(=O)C(N)C(C)C)C(=O)OCc2c1cc1n(c2=O)Cc2cc3cc(O)ccc3nc2-1. The maximum absolute atomic E-state index is 13.5. The van der Waals surface area contributed by atoms with Gasteiger partial charge in [0.1, 0.15) is 18.4 Å². The number of ether oxygens (including phenoxy) is 2. The minimum absolute atomic E-state index is 0.0789. The summed E-state index contributed by atoms with van der Waals surface area (Å²) in [5.74, 6) is -1.53. The number of hydrogen-bond donors (Lipinski definition) is 2. The summed E-state index contributed by atoms with van der Waals surface area (Å²) in [7, 11) is 0. The van der Waals surface area contributed by atoms with Crippen molar-refractivity contribution in [2.24, 2.45) is 11.7 Å². The Bertz CT molecular complexity index is 1430. The first-order valence-corrected chi connectivity index (χ1v) is 11.2. The summed E-state index contributed by atoms with van der Waals surface area (Å²) < 4.78 is 12.7. The number of cyclic esters (lactones) is 1. The summed E-state index contributed by atoms with van der Waals surface area (Å²) in [4.78, 5) is 44.0. The van der Waals surface area contributed by atoms with E-state index in [-0.39, 0.29) is 35.8 Å². The van der Waals surface area contributed by atoms with Crippen LogP contribution in [0.2, 0.25) is 0 Å². The molecular formula is C25H25N3O6. The second-order valence-corrected chi connectivity index (χ2v) is 9.13. The van der Waals surface area contributed by atoms with Crippen LogP contribution in [0.1, 0.15) is 43.9 Å². The van der Waals surface area contributed by atoms with Crippen molar-refractivity contribution < 1.29 is 24.2 Å². The first-order chi connectivity index (χ1) is 16.2. The molecule has 0 aliphatic carbocycles. The van der Waals surface area contributed by atoms with Gasteiger partial charge in [0.2, 0.25) is 5.60 Å². The first-order valence-electron chi connectivity index (χ1n) is 11.2. The normalized spacial score (nSPS) is 19.4. The largest absolute Gasteiger partial charge is 0.508 e. The molecule has 0 amide bonds. The Morgan fingerprint density at radius 2 is 2.06 bits per heavy atom. The highest BCUT2D eigenvalue weighted by Crippen LogP contribution is 2.41. The monoisotopic (exact) mass is 463 g/mol. The molecule has 9 nitrogen and oxygen atoms in total. The number of benzene rings is 1. The molecule has 1 aromatic carbocycles. The number of nitrogens with two attached hydrogens (primary N) is 1. The Balaban J connectivity index is 1.70. The molecule has 0 saturated carbocycles. The quantitative estimate of drug-likeness (QED) is 0.441. The van der Waals surface area contributed by atoms with Crippen molar-refractivity contribution in [3.63, 3.8) is 0 Å². The number of pyridine rings is 2. The van der Waals surface area contributed by atoms with Crippen LogP contribution < -0.4 is 11.3 Å². The summed E-state index contributed by atoms with van der Waals surface area (Å²) in [6, 6.07) is 7.53. The lowest BCUT2D eigenvalue weighted by Crippen LogP contribution is -2.50. The first kappa shape index (κ1) is 22.1. The molecule has 176 valence electrons. The lowest BCUT2D eigenvalue weighted by molar-refractivity contribution is -0.190. The van der Waals surface area contributed by atoms with E-state index in [4.69, 9.17) is 20.2 Å². The molecule has 0 fully saturated rings. The zero-order valence-electron chi connectivity index (χ0n) is 19.1. The number of rotatable bonds is 4.